The third-order valence-corrected chi connectivity index (χ3v) is 12.0. The van der Waals surface area contributed by atoms with Crippen molar-refractivity contribution in [3.05, 3.63) is 136 Å². The van der Waals surface area contributed by atoms with Gasteiger partial charge in [-0.2, -0.15) is 0 Å². The van der Waals surface area contributed by atoms with Crippen molar-refractivity contribution in [2.45, 2.75) is 110 Å². The summed E-state index contributed by atoms with van der Waals surface area (Å²) in [5.41, 5.74) is 13.9. The number of rotatable bonds is 5. The summed E-state index contributed by atoms with van der Waals surface area (Å²) in [6.45, 7) is 21.2. The van der Waals surface area contributed by atoms with E-state index in [-0.39, 0.29) is 21.8 Å². The molecule has 1 fully saturated rings. The Kier molecular flexibility index (Phi) is 8.50. The first-order valence-electron chi connectivity index (χ1n) is 18.4. The summed E-state index contributed by atoms with van der Waals surface area (Å²) >= 11 is 6.75. The molecule has 1 heterocycles. The number of nitrogens with zero attached hydrogens (tertiary/aromatic N) is 2. The first kappa shape index (κ1) is 34.4. The highest BCUT2D eigenvalue weighted by Crippen LogP contribution is 2.61. The van der Waals surface area contributed by atoms with Gasteiger partial charge in [-0.05, 0) is 120 Å². The molecule has 2 aliphatic rings. The largest absolute Gasteiger partial charge is 0.334 e. The van der Waals surface area contributed by atoms with Gasteiger partial charge in [-0.15, -0.1) is 0 Å². The van der Waals surface area contributed by atoms with Crippen LogP contribution in [0.25, 0.3) is 11.1 Å². The third kappa shape index (κ3) is 5.84. The minimum Gasteiger partial charge on any atom is -0.334 e. The molecule has 0 spiro atoms. The smallest absolute Gasteiger partial charge is 0.0540 e. The second kappa shape index (κ2) is 12.3. The summed E-state index contributed by atoms with van der Waals surface area (Å²) in [7, 11) is 0. The van der Waals surface area contributed by atoms with Gasteiger partial charge < -0.3 is 9.80 Å². The van der Waals surface area contributed by atoms with Crippen molar-refractivity contribution < 1.29 is 0 Å². The molecule has 2 unspecified atom stereocenters. The predicted octanol–water partition coefficient (Wildman–Crippen LogP) is 14.1. The van der Waals surface area contributed by atoms with E-state index in [2.05, 4.69) is 175 Å². The monoisotopic (exact) mass is 680 g/mol. The van der Waals surface area contributed by atoms with E-state index in [1.807, 2.05) is 6.07 Å². The molecule has 3 heteroatoms. The van der Waals surface area contributed by atoms with E-state index in [1.54, 1.807) is 0 Å². The van der Waals surface area contributed by atoms with Crippen molar-refractivity contribution in [1.82, 2.24) is 0 Å². The van der Waals surface area contributed by atoms with Crippen molar-refractivity contribution in [3.8, 4) is 11.1 Å². The minimum atomic E-state index is -0.0421. The van der Waals surface area contributed by atoms with Crippen LogP contribution in [0.15, 0.2) is 109 Å². The molecule has 0 saturated heterocycles. The highest BCUT2D eigenvalue weighted by atomic mass is 35.5. The zero-order chi connectivity index (χ0) is 35.6. The molecule has 258 valence electrons. The normalized spacial score (nSPS) is 20.4. The van der Waals surface area contributed by atoms with Crippen LogP contribution in [-0.4, -0.2) is 5.54 Å². The molecule has 0 amide bonds. The van der Waals surface area contributed by atoms with Crippen LogP contribution in [-0.2, 0) is 16.2 Å². The molecule has 7 rings (SSSR count). The van der Waals surface area contributed by atoms with Crippen LogP contribution in [0.4, 0.5) is 28.4 Å². The molecule has 1 saturated carbocycles. The molecule has 0 bridgehead atoms. The van der Waals surface area contributed by atoms with E-state index in [0.29, 0.717) is 0 Å². The van der Waals surface area contributed by atoms with E-state index in [4.69, 9.17) is 11.6 Å². The van der Waals surface area contributed by atoms with Gasteiger partial charge in [0.2, 0.25) is 0 Å². The van der Waals surface area contributed by atoms with E-state index in [9.17, 15) is 0 Å². The predicted molar refractivity (Wildman–Crippen MR) is 217 cm³/mol. The Balaban J connectivity index is 1.47. The van der Waals surface area contributed by atoms with Crippen LogP contribution in [0.2, 0.25) is 5.02 Å². The van der Waals surface area contributed by atoms with Gasteiger partial charge in [-0.1, -0.05) is 128 Å². The lowest BCUT2D eigenvalue weighted by molar-refractivity contribution is 0.195. The number of benzene rings is 5. The van der Waals surface area contributed by atoms with Gasteiger partial charge in [0.15, 0.2) is 0 Å². The Hall–Kier alpha value is -4.01. The Morgan fingerprint density at radius 2 is 1.34 bits per heavy atom. The number of aryl methyl sites for hydroxylation is 1. The number of hydrogen-bond donors (Lipinski definition) is 0. The van der Waals surface area contributed by atoms with Crippen molar-refractivity contribution >= 4 is 40.0 Å². The topological polar surface area (TPSA) is 6.48 Å². The average molecular weight is 681 g/mol. The van der Waals surface area contributed by atoms with Crippen LogP contribution in [0, 0.1) is 6.92 Å². The molecular formula is C47H53ClN2. The zero-order valence-corrected chi connectivity index (χ0v) is 32.2. The van der Waals surface area contributed by atoms with Crippen LogP contribution < -0.4 is 9.80 Å². The van der Waals surface area contributed by atoms with Gasteiger partial charge >= 0.3 is 0 Å². The van der Waals surface area contributed by atoms with Gasteiger partial charge in [0, 0.05) is 38.8 Å². The molecule has 0 radical (unpaired) electrons. The maximum atomic E-state index is 6.75. The number of halogens is 1. The van der Waals surface area contributed by atoms with Gasteiger partial charge in [0.1, 0.15) is 0 Å². The molecule has 2 nitrogen and oxygen atoms in total. The first-order valence-corrected chi connectivity index (χ1v) is 18.8. The summed E-state index contributed by atoms with van der Waals surface area (Å²) in [5.74, 6) is 0. The summed E-state index contributed by atoms with van der Waals surface area (Å²) in [6.07, 6.45) is 4.88. The Morgan fingerprint density at radius 3 is 2.04 bits per heavy atom. The zero-order valence-electron chi connectivity index (χ0n) is 31.5. The van der Waals surface area contributed by atoms with E-state index >= 15 is 0 Å². The highest BCUT2D eigenvalue weighted by molar-refractivity contribution is 6.30. The fourth-order valence-electron chi connectivity index (χ4n) is 8.70. The van der Waals surface area contributed by atoms with Gasteiger partial charge in [0.05, 0.1) is 11.2 Å². The van der Waals surface area contributed by atoms with Gasteiger partial charge in [-0.25, -0.2) is 0 Å². The fourth-order valence-corrected chi connectivity index (χ4v) is 8.88. The van der Waals surface area contributed by atoms with Crippen molar-refractivity contribution in [2.75, 3.05) is 9.80 Å². The van der Waals surface area contributed by atoms with E-state index in [0.717, 1.165) is 28.5 Å². The molecular weight excluding hydrogens is 628 g/mol. The van der Waals surface area contributed by atoms with Crippen LogP contribution >= 0.6 is 11.6 Å². The molecule has 0 N–H and O–H groups in total. The van der Waals surface area contributed by atoms with Crippen LogP contribution in [0.1, 0.15) is 103 Å². The first-order chi connectivity index (χ1) is 23.6. The molecule has 1 aliphatic heterocycles. The minimum absolute atomic E-state index is 0.0114. The standard InChI is InChI=1S/C47H53ClN2/c1-32-26-38(31-39(27-32)50-43-23-21-35(45(5,6)7)29-41(43)46(8)24-13-14-25-47(46,50)9)49(37-19-15-18-36(48)30-37)42-22-20-34(44(2,3)4)28-40(42)33-16-11-10-12-17-33/h10-12,15-23,26-31H,13-14,24-25H2,1-9H3. The highest BCUT2D eigenvalue weighted by Gasteiger charge is 2.57. The van der Waals surface area contributed by atoms with Crippen LogP contribution in [0.5, 0.6) is 0 Å². The van der Waals surface area contributed by atoms with Crippen molar-refractivity contribution in [1.29, 1.82) is 0 Å². The molecule has 5 aromatic rings. The summed E-state index contributed by atoms with van der Waals surface area (Å²) in [6, 6.07) is 40.6. The Morgan fingerprint density at radius 1 is 0.660 bits per heavy atom. The molecule has 2 atom stereocenters. The Labute approximate surface area is 306 Å². The Bertz CT molecular complexity index is 2050. The van der Waals surface area contributed by atoms with Crippen molar-refractivity contribution in [3.63, 3.8) is 0 Å². The number of hydrogen-bond acceptors (Lipinski definition) is 2. The molecule has 0 aromatic heterocycles. The molecule has 1 aliphatic carbocycles. The number of fused-ring (bicyclic) bond motifs is 3. The van der Waals surface area contributed by atoms with E-state index in [1.165, 1.54) is 64.0 Å². The lowest BCUT2D eigenvalue weighted by atomic mass is 9.61. The summed E-state index contributed by atoms with van der Waals surface area (Å²) in [4.78, 5) is 5.13. The van der Waals surface area contributed by atoms with Gasteiger partial charge in [0.25, 0.3) is 0 Å². The van der Waals surface area contributed by atoms with E-state index < -0.39 is 0 Å². The van der Waals surface area contributed by atoms with Crippen molar-refractivity contribution in [2.24, 2.45) is 0 Å². The molecule has 50 heavy (non-hydrogen) atoms. The second-order valence-corrected chi connectivity index (χ2v) is 17.8. The summed E-state index contributed by atoms with van der Waals surface area (Å²) in [5, 5.41) is 0.724. The van der Waals surface area contributed by atoms with Gasteiger partial charge in [-0.3, -0.25) is 0 Å². The molecule has 5 aromatic carbocycles. The lowest BCUT2D eigenvalue weighted by Crippen LogP contribution is -2.54. The maximum Gasteiger partial charge on any atom is 0.0540 e. The SMILES string of the molecule is Cc1cc(N(c2cccc(Cl)c2)c2ccc(C(C)(C)C)cc2-c2ccccc2)cc(N2c3ccc(C(C)(C)C)cc3C3(C)CCCCC23C)c1. The second-order valence-electron chi connectivity index (χ2n) is 17.3. The number of anilines is 5. The summed E-state index contributed by atoms with van der Waals surface area (Å²) < 4.78 is 0. The lowest BCUT2D eigenvalue weighted by Gasteiger charge is -2.50. The average Bonchev–Trinajstić information content (AvgIpc) is 3.27. The fraction of sp³-hybridized carbons (Fsp3) is 0.362. The van der Waals surface area contributed by atoms with Crippen LogP contribution in [0.3, 0.4) is 0 Å². The third-order valence-electron chi connectivity index (χ3n) is 11.8. The quantitative estimate of drug-likeness (QED) is 0.182. The maximum absolute atomic E-state index is 6.75.